The Balaban J connectivity index is 2.39. The average Bonchev–Trinajstić information content (AvgIpc) is 2.44. The zero-order valence-corrected chi connectivity index (χ0v) is 12.5. The van der Waals surface area contributed by atoms with E-state index in [1.165, 1.54) is 6.07 Å². The lowest BCUT2D eigenvalue weighted by Gasteiger charge is -2.17. The Labute approximate surface area is 123 Å². The normalized spacial score (nSPS) is 12.2. The molecule has 1 N–H and O–H groups in total. The van der Waals surface area contributed by atoms with Crippen LogP contribution in [0.1, 0.15) is 24.1 Å². The SMILES string of the molecule is CNC(C)c1cccc(F)c1Oc1ccc(Cl)c(C)c1. The van der Waals surface area contributed by atoms with Gasteiger partial charge in [-0.2, -0.15) is 0 Å². The molecule has 0 saturated heterocycles. The number of ether oxygens (including phenoxy) is 1. The van der Waals surface area contributed by atoms with Crippen LogP contribution < -0.4 is 10.1 Å². The largest absolute Gasteiger partial charge is 0.454 e. The van der Waals surface area contributed by atoms with Gasteiger partial charge in [-0.3, -0.25) is 0 Å². The number of nitrogens with one attached hydrogen (secondary N) is 1. The molecule has 0 radical (unpaired) electrons. The van der Waals surface area contributed by atoms with Crippen LogP contribution in [-0.4, -0.2) is 7.05 Å². The van der Waals surface area contributed by atoms with Crippen molar-refractivity contribution in [3.8, 4) is 11.5 Å². The molecule has 0 spiro atoms. The predicted molar refractivity (Wildman–Crippen MR) is 80.1 cm³/mol. The molecule has 2 nitrogen and oxygen atoms in total. The van der Waals surface area contributed by atoms with Crippen molar-refractivity contribution in [2.24, 2.45) is 0 Å². The van der Waals surface area contributed by atoms with Crippen molar-refractivity contribution in [1.29, 1.82) is 0 Å². The summed E-state index contributed by atoms with van der Waals surface area (Å²) in [6.07, 6.45) is 0. The summed E-state index contributed by atoms with van der Waals surface area (Å²) < 4.78 is 19.8. The van der Waals surface area contributed by atoms with E-state index in [0.29, 0.717) is 10.8 Å². The van der Waals surface area contributed by atoms with E-state index in [-0.39, 0.29) is 17.6 Å². The fourth-order valence-corrected chi connectivity index (χ4v) is 2.05. The monoisotopic (exact) mass is 293 g/mol. The van der Waals surface area contributed by atoms with Gasteiger partial charge in [0.25, 0.3) is 0 Å². The van der Waals surface area contributed by atoms with E-state index in [4.69, 9.17) is 16.3 Å². The third-order valence-electron chi connectivity index (χ3n) is 3.25. The van der Waals surface area contributed by atoms with Gasteiger partial charge in [0.15, 0.2) is 11.6 Å². The van der Waals surface area contributed by atoms with Crippen molar-refractivity contribution >= 4 is 11.6 Å². The first-order valence-electron chi connectivity index (χ1n) is 6.42. The molecule has 0 aliphatic heterocycles. The van der Waals surface area contributed by atoms with Gasteiger partial charge >= 0.3 is 0 Å². The zero-order valence-electron chi connectivity index (χ0n) is 11.7. The first-order chi connectivity index (χ1) is 9.52. The molecule has 0 aliphatic rings. The van der Waals surface area contributed by atoms with Gasteiger partial charge in [0.1, 0.15) is 5.75 Å². The minimum Gasteiger partial charge on any atom is -0.454 e. The lowest BCUT2D eigenvalue weighted by Crippen LogP contribution is -2.13. The summed E-state index contributed by atoms with van der Waals surface area (Å²) in [6.45, 7) is 3.84. The number of para-hydroxylation sites is 1. The first kappa shape index (κ1) is 14.8. The van der Waals surface area contributed by atoms with Gasteiger partial charge in [0.2, 0.25) is 0 Å². The fraction of sp³-hybridized carbons (Fsp3) is 0.250. The molecular weight excluding hydrogens is 277 g/mol. The summed E-state index contributed by atoms with van der Waals surface area (Å²) in [5.41, 5.74) is 1.67. The van der Waals surface area contributed by atoms with E-state index in [2.05, 4.69) is 5.32 Å². The maximum Gasteiger partial charge on any atom is 0.167 e. The molecule has 2 rings (SSSR count). The quantitative estimate of drug-likeness (QED) is 0.869. The fourth-order valence-electron chi connectivity index (χ4n) is 1.93. The molecule has 0 aromatic heterocycles. The standard InChI is InChI=1S/C16H17ClFNO/c1-10-9-12(7-8-14(10)17)20-16-13(11(2)19-3)5-4-6-15(16)18/h4-9,11,19H,1-3H3. The molecule has 0 saturated carbocycles. The van der Waals surface area contributed by atoms with Crippen molar-refractivity contribution in [1.82, 2.24) is 5.32 Å². The van der Waals surface area contributed by atoms with Crippen molar-refractivity contribution in [2.45, 2.75) is 19.9 Å². The van der Waals surface area contributed by atoms with Gasteiger partial charge in [-0.25, -0.2) is 4.39 Å². The van der Waals surface area contributed by atoms with Crippen molar-refractivity contribution in [2.75, 3.05) is 7.05 Å². The molecule has 1 unspecified atom stereocenters. The van der Waals surface area contributed by atoms with Crippen LogP contribution >= 0.6 is 11.6 Å². The number of hydrogen-bond donors (Lipinski definition) is 1. The topological polar surface area (TPSA) is 21.3 Å². The summed E-state index contributed by atoms with van der Waals surface area (Å²) in [5.74, 6) is 0.440. The second kappa shape index (κ2) is 6.25. The van der Waals surface area contributed by atoms with Gasteiger partial charge in [-0.15, -0.1) is 0 Å². The highest BCUT2D eigenvalue weighted by atomic mass is 35.5. The second-order valence-electron chi connectivity index (χ2n) is 4.68. The Morgan fingerprint density at radius 1 is 1.25 bits per heavy atom. The van der Waals surface area contributed by atoms with Crippen LogP contribution in [0.25, 0.3) is 0 Å². The minimum absolute atomic E-state index is 0.00547. The third kappa shape index (κ3) is 3.11. The zero-order chi connectivity index (χ0) is 14.7. The number of halogens is 2. The summed E-state index contributed by atoms with van der Waals surface area (Å²) in [6, 6.07) is 10.2. The van der Waals surface area contributed by atoms with Crippen LogP contribution in [0.4, 0.5) is 4.39 Å². The summed E-state index contributed by atoms with van der Waals surface area (Å²) in [7, 11) is 1.83. The molecule has 1 atom stereocenters. The van der Waals surface area contributed by atoms with Crippen LogP contribution in [0, 0.1) is 12.7 Å². The number of aryl methyl sites for hydroxylation is 1. The number of benzene rings is 2. The van der Waals surface area contributed by atoms with Crippen LogP contribution in [0.2, 0.25) is 5.02 Å². The van der Waals surface area contributed by atoms with Gasteiger partial charge in [0, 0.05) is 16.6 Å². The summed E-state index contributed by atoms with van der Waals surface area (Å²) >= 11 is 5.98. The molecule has 2 aromatic rings. The average molecular weight is 294 g/mol. The minimum atomic E-state index is -0.378. The Hall–Kier alpha value is -1.58. The predicted octanol–water partition coefficient (Wildman–Crippen LogP) is 4.86. The Kier molecular flexibility index (Phi) is 4.63. The molecule has 0 heterocycles. The van der Waals surface area contributed by atoms with Crippen LogP contribution in [0.15, 0.2) is 36.4 Å². The Morgan fingerprint density at radius 2 is 2.00 bits per heavy atom. The smallest absolute Gasteiger partial charge is 0.167 e. The molecule has 20 heavy (non-hydrogen) atoms. The highest BCUT2D eigenvalue weighted by Crippen LogP contribution is 2.33. The van der Waals surface area contributed by atoms with E-state index >= 15 is 0 Å². The number of rotatable bonds is 4. The van der Waals surface area contributed by atoms with Gasteiger partial charge in [-0.1, -0.05) is 23.7 Å². The molecule has 0 bridgehead atoms. The van der Waals surface area contributed by atoms with Gasteiger partial charge in [0.05, 0.1) is 0 Å². The van der Waals surface area contributed by atoms with Crippen molar-refractivity contribution in [3.05, 3.63) is 58.4 Å². The van der Waals surface area contributed by atoms with E-state index in [1.807, 2.05) is 27.0 Å². The van der Waals surface area contributed by atoms with Crippen molar-refractivity contribution in [3.63, 3.8) is 0 Å². The molecule has 4 heteroatoms. The van der Waals surface area contributed by atoms with E-state index in [1.54, 1.807) is 24.3 Å². The maximum atomic E-state index is 14.0. The first-order valence-corrected chi connectivity index (χ1v) is 6.80. The van der Waals surface area contributed by atoms with Crippen LogP contribution in [0.3, 0.4) is 0 Å². The molecule has 106 valence electrons. The lowest BCUT2D eigenvalue weighted by molar-refractivity contribution is 0.428. The molecule has 0 fully saturated rings. The van der Waals surface area contributed by atoms with E-state index < -0.39 is 0 Å². The molecule has 2 aromatic carbocycles. The molecule has 0 amide bonds. The van der Waals surface area contributed by atoms with Crippen molar-refractivity contribution < 1.29 is 9.13 Å². The third-order valence-corrected chi connectivity index (χ3v) is 3.67. The highest BCUT2D eigenvalue weighted by molar-refractivity contribution is 6.31. The van der Waals surface area contributed by atoms with Gasteiger partial charge < -0.3 is 10.1 Å². The Morgan fingerprint density at radius 3 is 2.65 bits per heavy atom. The van der Waals surface area contributed by atoms with Crippen LogP contribution in [0.5, 0.6) is 11.5 Å². The lowest BCUT2D eigenvalue weighted by atomic mass is 10.1. The van der Waals surface area contributed by atoms with Gasteiger partial charge in [-0.05, 0) is 50.7 Å². The Bertz CT molecular complexity index is 615. The maximum absolute atomic E-state index is 14.0. The second-order valence-corrected chi connectivity index (χ2v) is 5.09. The van der Waals surface area contributed by atoms with E-state index in [0.717, 1.165) is 11.1 Å². The highest BCUT2D eigenvalue weighted by Gasteiger charge is 2.15. The molecular formula is C16H17ClFNO. The summed E-state index contributed by atoms with van der Waals surface area (Å²) in [5, 5.41) is 3.75. The number of hydrogen-bond acceptors (Lipinski definition) is 2. The van der Waals surface area contributed by atoms with Crippen LogP contribution in [-0.2, 0) is 0 Å². The molecule has 0 aliphatic carbocycles. The van der Waals surface area contributed by atoms with E-state index in [9.17, 15) is 4.39 Å². The summed E-state index contributed by atoms with van der Waals surface area (Å²) in [4.78, 5) is 0.